The molecule has 2 rings (SSSR count). The highest BCUT2D eigenvalue weighted by molar-refractivity contribution is 5.48. The zero-order valence-electron chi connectivity index (χ0n) is 12.5. The topological polar surface area (TPSA) is 41.9 Å². The number of carbonyl (C=O) groups excluding carboxylic acids is 1. The van der Waals surface area contributed by atoms with Crippen LogP contribution in [0, 0.1) is 0 Å². The maximum Gasteiger partial charge on any atom is 0.235 e. The van der Waals surface area contributed by atoms with Crippen LogP contribution in [0.4, 0.5) is 0 Å². The van der Waals surface area contributed by atoms with E-state index < -0.39 is 5.54 Å². The van der Waals surface area contributed by atoms with Crippen LogP contribution in [0.3, 0.4) is 0 Å². The monoisotopic (exact) mass is 274 g/mol. The predicted octanol–water partition coefficient (Wildman–Crippen LogP) is 2.86. The Bertz CT molecular complexity index is 513. The Hall–Kier alpha value is -1.64. The molecule has 1 saturated carbocycles. The maximum atomic E-state index is 10.9. The molecule has 0 heterocycles. The van der Waals surface area contributed by atoms with Crippen LogP contribution in [0.2, 0.25) is 0 Å². The summed E-state index contributed by atoms with van der Waals surface area (Å²) in [6.45, 7) is 0.803. The smallest absolute Gasteiger partial charge is 0.235 e. The van der Waals surface area contributed by atoms with Crippen LogP contribution in [0.25, 0.3) is 0 Å². The molecule has 0 N–H and O–H groups in total. The summed E-state index contributed by atoms with van der Waals surface area (Å²) in [6.07, 6.45) is 5.73. The van der Waals surface area contributed by atoms with Gasteiger partial charge in [0.1, 0.15) is 11.3 Å². The van der Waals surface area contributed by atoms with E-state index in [1.165, 1.54) is 0 Å². The Kier molecular flexibility index (Phi) is 4.58. The van der Waals surface area contributed by atoms with Crippen molar-refractivity contribution >= 4 is 6.08 Å². The van der Waals surface area contributed by atoms with Gasteiger partial charge >= 0.3 is 0 Å². The Balaban J connectivity index is 2.52. The van der Waals surface area contributed by atoms with E-state index in [2.05, 4.69) is 16.0 Å². The van der Waals surface area contributed by atoms with Crippen molar-refractivity contribution < 1.29 is 9.53 Å². The van der Waals surface area contributed by atoms with E-state index >= 15 is 0 Å². The second kappa shape index (κ2) is 6.21. The normalized spacial score (nSPS) is 17.0. The van der Waals surface area contributed by atoms with Crippen LogP contribution < -0.4 is 4.74 Å². The molecule has 4 nitrogen and oxygen atoms in total. The van der Waals surface area contributed by atoms with Gasteiger partial charge in [-0.3, -0.25) is 0 Å². The number of hydrogen-bond acceptors (Lipinski definition) is 4. The molecule has 1 aromatic rings. The first-order valence-electron chi connectivity index (χ1n) is 7.03. The van der Waals surface area contributed by atoms with Crippen molar-refractivity contribution in [1.82, 2.24) is 4.90 Å². The first kappa shape index (κ1) is 14.8. The molecule has 4 heteroatoms. The number of para-hydroxylation sites is 1. The predicted molar refractivity (Wildman–Crippen MR) is 78.7 cm³/mol. The van der Waals surface area contributed by atoms with Gasteiger partial charge in [-0.2, -0.15) is 4.99 Å². The van der Waals surface area contributed by atoms with Gasteiger partial charge in [0, 0.05) is 17.7 Å². The third-order valence-corrected chi connectivity index (χ3v) is 3.98. The Morgan fingerprint density at radius 1 is 1.35 bits per heavy atom. The number of benzene rings is 1. The molecule has 0 radical (unpaired) electrons. The van der Waals surface area contributed by atoms with E-state index in [4.69, 9.17) is 4.74 Å². The fraction of sp³-hybridized carbons (Fsp3) is 0.562. The number of rotatable bonds is 5. The first-order chi connectivity index (χ1) is 9.63. The fourth-order valence-electron chi connectivity index (χ4n) is 3.15. The summed E-state index contributed by atoms with van der Waals surface area (Å²) in [6, 6.07) is 6.12. The van der Waals surface area contributed by atoms with Crippen LogP contribution in [0.15, 0.2) is 23.2 Å². The molecule has 0 bridgehead atoms. The Morgan fingerprint density at radius 2 is 2.05 bits per heavy atom. The van der Waals surface area contributed by atoms with Gasteiger partial charge in [-0.15, -0.1) is 0 Å². The highest BCUT2D eigenvalue weighted by Gasteiger charge is 2.38. The van der Waals surface area contributed by atoms with Crippen LogP contribution in [-0.4, -0.2) is 32.2 Å². The van der Waals surface area contributed by atoms with Gasteiger partial charge < -0.3 is 9.64 Å². The van der Waals surface area contributed by atoms with Crippen molar-refractivity contribution in [1.29, 1.82) is 0 Å². The van der Waals surface area contributed by atoms with Gasteiger partial charge in [-0.25, -0.2) is 4.79 Å². The molecule has 1 aliphatic rings. The highest BCUT2D eigenvalue weighted by atomic mass is 16.5. The van der Waals surface area contributed by atoms with Gasteiger partial charge in [0.15, 0.2) is 0 Å². The van der Waals surface area contributed by atoms with E-state index in [1.54, 1.807) is 13.2 Å². The molecular weight excluding hydrogens is 252 g/mol. The summed E-state index contributed by atoms with van der Waals surface area (Å²) in [5.41, 5.74) is 1.72. The summed E-state index contributed by atoms with van der Waals surface area (Å²) in [4.78, 5) is 17.1. The molecule has 0 aliphatic heterocycles. The molecule has 1 aliphatic carbocycles. The molecule has 1 fully saturated rings. The van der Waals surface area contributed by atoms with Crippen LogP contribution in [-0.2, 0) is 16.9 Å². The fourth-order valence-corrected chi connectivity index (χ4v) is 3.15. The third-order valence-electron chi connectivity index (χ3n) is 3.98. The van der Waals surface area contributed by atoms with Gasteiger partial charge in [0.2, 0.25) is 6.08 Å². The minimum Gasteiger partial charge on any atom is -0.496 e. The second-order valence-corrected chi connectivity index (χ2v) is 5.68. The van der Waals surface area contributed by atoms with Crippen molar-refractivity contribution in [2.24, 2.45) is 4.99 Å². The van der Waals surface area contributed by atoms with Crippen molar-refractivity contribution in [2.75, 3.05) is 21.2 Å². The summed E-state index contributed by atoms with van der Waals surface area (Å²) in [7, 11) is 5.74. The number of aliphatic imine (C=N–C) groups is 1. The van der Waals surface area contributed by atoms with E-state index in [9.17, 15) is 4.79 Å². The molecule has 20 heavy (non-hydrogen) atoms. The standard InChI is InChI=1S/C16H22N2O2/c1-18(2)11-13-7-6-8-14(15(13)20-3)16(17-12-19)9-4-5-10-16/h6-8H,4-5,9-11H2,1-3H3. The lowest BCUT2D eigenvalue weighted by molar-refractivity contribution is 0.354. The Morgan fingerprint density at radius 3 is 2.60 bits per heavy atom. The lowest BCUT2D eigenvalue weighted by Crippen LogP contribution is -2.21. The van der Waals surface area contributed by atoms with E-state index in [0.29, 0.717) is 0 Å². The number of nitrogens with zero attached hydrogens (tertiary/aromatic N) is 2. The molecule has 0 amide bonds. The zero-order valence-corrected chi connectivity index (χ0v) is 12.5. The number of methoxy groups -OCH3 is 1. The molecule has 0 aromatic heterocycles. The Labute approximate surface area is 120 Å². The summed E-state index contributed by atoms with van der Waals surface area (Å²) >= 11 is 0. The van der Waals surface area contributed by atoms with E-state index in [-0.39, 0.29) is 0 Å². The summed E-state index contributed by atoms with van der Waals surface area (Å²) in [5.74, 6) is 0.863. The van der Waals surface area contributed by atoms with Crippen LogP contribution in [0.5, 0.6) is 5.75 Å². The number of ether oxygens (including phenoxy) is 1. The van der Waals surface area contributed by atoms with Crippen molar-refractivity contribution in [3.63, 3.8) is 0 Å². The van der Waals surface area contributed by atoms with Crippen LogP contribution >= 0.6 is 0 Å². The average Bonchev–Trinajstić information content (AvgIpc) is 2.88. The SMILES string of the molecule is COc1c(CN(C)C)cccc1C1(N=C=O)CCCC1. The minimum atomic E-state index is -0.435. The lowest BCUT2D eigenvalue weighted by atomic mass is 9.87. The van der Waals surface area contributed by atoms with Crippen LogP contribution in [0.1, 0.15) is 36.8 Å². The molecule has 0 saturated heterocycles. The quantitative estimate of drug-likeness (QED) is 0.612. The molecule has 0 spiro atoms. The zero-order chi connectivity index (χ0) is 14.6. The van der Waals surface area contributed by atoms with E-state index in [0.717, 1.165) is 49.1 Å². The molecule has 0 unspecified atom stereocenters. The van der Waals surface area contributed by atoms with Gasteiger partial charge in [-0.1, -0.05) is 31.0 Å². The molecule has 108 valence electrons. The highest BCUT2D eigenvalue weighted by Crippen LogP contribution is 2.46. The van der Waals surface area contributed by atoms with Gasteiger partial charge in [-0.05, 0) is 26.9 Å². The largest absolute Gasteiger partial charge is 0.496 e. The lowest BCUT2D eigenvalue weighted by Gasteiger charge is -2.27. The number of isocyanates is 1. The molecule has 1 aromatic carbocycles. The summed E-state index contributed by atoms with van der Waals surface area (Å²) in [5, 5.41) is 0. The van der Waals surface area contributed by atoms with Crippen molar-refractivity contribution in [3.8, 4) is 5.75 Å². The molecule has 0 atom stereocenters. The van der Waals surface area contributed by atoms with Crippen molar-refractivity contribution in [2.45, 2.75) is 37.8 Å². The minimum absolute atomic E-state index is 0.435. The van der Waals surface area contributed by atoms with Gasteiger partial charge in [0.25, 0.3) is 0 Å². The van der Waals surface area contributed by atoms with Gasteiger partial charge in [0.05, 0.1) is 7.11 Å². The first-order valence-corrected chi connectivity index (χ1v) is 7.03. The maximum absolute atomic E-state index is 10.9. The number of hydrogen-bond donors (Lipinski definition) is 0. The van der Waals surface area contributed by atoms with Crippen molar-refractivity contribution in [3.05, 3.63) is 29.3 Å². The molecular formula is C16H22N2O2. The summed E-state index contributed by atoms with van der Waals surface area (Å²) < 4.78 is 5.64. The average molecular weight is 274 g/mol. The van der Waals surface area contributed by atoms with E-state index in [1.807, 2.05) is 26.2 Å². The second-order valence-electron chi connectivity index (χ2n) is 5.68. The third kappa shape index (κ3) is 2.77.